The highest BCUT2D eigenvalue weighted by Gasteiger charge is 2.36. The van der Waals surface area contributed by atoms with Gasteiger partial charge in [0.15, 0.2) is 0 Å². The molecule has 0 aliphatic carbocycles. The fraction of sp³-hybridized carbons (Fsp3) is 1.00. The van der Waals surface area contributed by atoms with Gasteiger partial charge in [0.1, 0.15) is 0 Å². The van der Waals surface area contributed by atoms with Crippen molar-refractivity contribution in [3.63, 3.8) is 0 Å². The minimum atomic E-state index is -4.79. The molecular weight excluding hydrogens is 524 g/mol. The predicted octanol–water partition coefficient (Wildman–Crippen LogP) is 5.93. The first kappa shape index (κ1) is 36.7. The van der Waals surface area contributed by atoms with Crippen LogP contribution >= 0.6 is 0 Å². The molecule has 0 saturated heterocycles. The van der Waals surface area contributed by atoms with Gasteiger partial charge in [-0.3, -0.25) is 9.11 Å². The minimum Gasteiger partial charge on any atom is -0.381 e. The van der Waals surface area contributed by atoms with Crippen LogP contribution in [0.1, 0.15) is 117 Å². The summed E-state index contributed by atoms with van der Waals surface area (Å²) in [7, 11) is -9.59. The number of unbranched alkanes of at least 4 members (excludes halogenated alkanes) is 14. The van der Waals surface area contributed by atoms with E-state index in [-0.39, 0.29) is 13.2 Å². The highest BCUT2D eigenvalue weighted by atomic mass is 32.3. The maximum Gasteiger partial charge on any atom is 0.397 e. The Morgan fingerprint density at radius 1 is 0.486 bits per heavy atom. The molecule has 0 radical (unpaired) electrons. The van der Waals surface area contributed by atoms with E-state index in [0.29, 0.717) is 13.2 Å². The molecule has 12 heteroatoms. The first-order valence-corrected chi connectivity index (χ1v) is 16.7. The third-order valence-corrected chi connectivity index (χ3v) is 6.96. The van der Waals surface area contributed by atoms with Crippen molar-refractivity contribution in [3.05, 3.63) is 0 Å². The SMILES string of the molecule is CCCCCCCCCCOCC(COCCCCCCCCCC)(COS(=O)(=O)O)COS(=O)(=O)O. The quantitative estimate of drug-likeness (QED) is 0.0849. The van der Waals surface area contributed by atoms with Crippen molar-refractivity contribution in [2.75, 3.05) is 39.6 Å². The average molecular weight is 577 g/mol. The van der Waals surface area contributed by atoms with Crippen LogP contribution in [-0.4, -0.2) is 65.6 Å². The van der Waals surface area contributed by atoms with Crippen molar-refractivity contribution >= 4 is 20.8 Å². The van der Waals surface area contributed by atoms with E-state index in [9.17, 15) is 16.8 Å². The third kappa shape index (κ3) is 25.7. The number of hydrogen-bond donors (Lipinski definition) is 2. The van der Waals surface area contributed by atoms with Gasteiger partial charge >= 0.3 is 20.8 Å². The first-order chi connectivity index (χ1) is 17.5. The summed E-state index contributed by atoms with van der Waals surface area (Å²) < 4.78 is 83.5. The van der Waals surface area contributed by atoms with Gasteiger partial charge in [0.2, 0.25) is 0 Å². The van der Waals surface area contributed by atoms with E-state index in [1.54, 1.807) is 0 Å². The van der Waals surface area contributed by atoms with Crippen molar-refractivity contribution in [1.82, 2.24) is 0 Å². The molecule has 37 heavy (non-hydrogen) atoms. The van der Waals surface area contributed by atoms with Crippen LogP contribution in [0.2, 0.25) is 0 Å². The van der Waals surface area contributed by atoms with Gasteiger partial charge in [-0.1, -0.05) is 104 Å². The molecule has 0 aromatic heterocycles. The van der Waals surface area contributed by atoms with E-state index in [2.05, 4.69) is 22.2 Å². The second-order valence-electron chi connectivity index (χ2n) is 9.93. The molecule has 0 aliphatic rings. The Morgan fingerprint density at radius 2 is 0.784 bits per heavy atom. The molecule has 10 nitrogen and oxygen atoms in total. The van der Waals surface area contributed by atoms with Crippen LogP contribution in [0.25, 0.3) is 0 Å². The molecular formula is C25H52O10S2. The van der Waals surface area contributed by atoms with Gasteiger partial charge < -0.3 is 9.47 Å². The largest absolute Gasteiger partial charge is 0.397 e. The molecule has 0 unspecified atom stereocenters. The summed E-state index contributed by atoms with van der Waals surface area (Å²) in [5.41, 5.74) is -1.37. The lowest BCUT2D eigenvalue weighted by molar-refractivity contribution is -0.0683. The van der Waals surface area contributed by atoms with E-state index in [4.69, 9.17) is 18.6 Å². The minimum absolute atomic E-state index is 0.133. The number of rotatable bonds is 28. The Hall–Kier alpha value is -0.340. The molecule has 0 rings (SSSR count). The Bertz CT molecular complexity index is 664. The van der Waals surface area contributed by atoms with Crippen molar-refractivity contribution in [2.24, 2.45) is 5.41 Å². The zero-order valence-corrected chi connectivity index (χ0v) is 24.7. The lowest BCUT2D eigenvalue weighted by Gasteiger charge is -2.31. The molecule has 224 valence electrons. The van der Waals surface area contributed by atoms with Gasteiger partial charge in [-0.15, -0.1) is 0 Å². The molecule has 0 bridgehead atoms. The molecule has 0 fully saturated rings. The summed E-state index contributed by atoms with van der Waals surface area (Å²) in [5, 5.41) is 0. The van der Waals surface area contributed by atoms with Crippen LogP contribution in [0, 0.1) is 5.41 Å². The second-order valence-corrected chi connectivity index (χ2v) is 12.1. The molecule has 0 atom stereocenters. The maximum absolute atomic E-state index is 11.2. The van der Waals surface area contributed by atoms with Crippen molar-refractivity contribution in [2.45, 2.75) is 117 Å². The Labute approximate surface area is 226 Å². The van der Waals surface area contributed by atoms with Gasteiger partial charge in [-0.05, 0) is 12.8 Å². The summed E-state index contributed by atoms with van der Waals surface area (Å²) in [5.74, 6) is 0. The van der Waals surface area contributed by atoms with Gasteiger partial charge in [0.05, 0.1) is 31.8 Å². The fourth-order valence-corrected chi connectivity index (χ4v) is 4.70. The molecule has 0 amide bonds. The van der Waals surface area contributed by atoms with E-state index in [1.807, 2.05) is 0 Å². The smallest absolute Gasteiger partial charge is 0.381 e. The highest BCUT2D eigenvalue weighted by Crippen LogP contribution is 2.23. The van der Waals surface area contributed by atoms with Crippen LogP contribution in [-0.2, 0) is 38.6 Å². The van der Waals surface area contributed by atoms with E-state index >= 15 is 0 Å². The van der Waals surface area contributed by atoms with Gasteiger partial charge in [0.25, 0.3) is 0 Å². The average Bonchev–Trinajstić information content (AvgIpc) is 2.82. The van der Waals surface area contributed by atoms with Crippen LogP contribution in [0.3, 0.4) is 0 Å². The lowest BCUT2D eigenvalue weighted by atomic mass is 9.92. The summed E-state index contributed by atoms with van der Waals surface area (Å²) in [6.45, 7) is 3.60. The van der Waals surface area contributed by atoms with Crippen LogP contribution in [0.4, 0.5) is 0 Å². The number of ether oxygens (including phenoxy) is 2. The standard InChI is InChI=1S/C25H52O10S2/c1-3-5-7-9-11-13-15-17-19-32-21-25(23-34-36(26,27)28,24-35-37(29,30)31)22-33-20-18-16-14-12-10-8-6-4-2/h3-24H2,1-2H3,(H,26,27,28)(H,29,30,31). The summed E-state index contributed by atoms with van der Waals surface area (Å²) in [6, 6.07) is 0. The molecule has 0 spiro atoms. The summed E-state index contributed by atoms with van der Waals surface area (Å²) >= 11 is 0. The van der Waals surface area contributed by atoms with E-state index in [0.717, 1.165) is 38.5 Å². The molecule has 0 aromatic rings. The predicted molar refractivity (Wildman–Crippen MR) is 144 cm³/mol. The van der Waals surface area contributed by atoms with Gasteiger partial charge in [-0.2, -0.15) is 16.8 Å². The van der Waals surface area contributed by atoms with Gasteiger partial charge in [0, 0.05) is 13.2 Å². The molecule has 0 aromatic carbocycles. The molecule has 0 heterocycles. The Kier molecular flexibility index (Phi) is 22.3. The second kappa shape index (κ2) is 22.5. The van der Waals surface area contributed by atoms with E-state index in [1.165, 1.54) is 64.2 Å². The first-order valence-electron chi connectivity index (χ1n) is 13.9. The van der Waals surface area contributed by atoms with Crippen LogP contribution in [0.5, 0.6) is 0 Å². The van der Waals surface area contributed by atoms with Crippen LogP contribution in [0.15, 0.2) is 0 Å². The van der Waals surface area contributed by atoms with Crippen LogP contribution < -0.4 is 0 Å². The Balaban J connectivity index is 4.72. The molecule has 2 N–H and O–H groups in total. The van der Waals surface area contributed by atoms with Crippen molar-refractivity contribution < 1.29 is 43.8 Å². The zero-order chi connectivity index (χ0) is 27.9. The molecule has 0 aliphatic heterocycles. The number of hydrogen-bond acceptors (Lipinski definition) is 8. The summed E-state index contributed by atoms with van der Waals surface area (Å²) in [6.07, 6.45) is 17.9. The monoisotopic (exact) mass is 576 g/mol. The third-order valence-electron chi connectivity index (χ3n) is 6.13. The highest BCUT2D eigenvalue weighted by molar-refractivity contribution is 7.81. The lowest BCUT2D eigenvalue weighted by Crippen LogP contribution is -2.43. The fourth-order valence-electron chi connectivity index (χ4n) is 3.90. The topological polar surface area (TPSA) is 146 Å². The maximum atomic E-state index is 11.2. The van der Waals surface area contributed by atoms with E-state index < -0.39 is 39.4 Å². The van der Waals surface area contributed by atoms with Crippen molar-refractivity contribution in [3.8, 4) is 0 Å². The summed E-state index contributed by atoms with van der Waals surface area (Å²) in [4.78, 5) is 0. The van der Waals surface area contributed by atoms with Crippen molar-refractivity contribution in [1.29, 1.82) is 0 Å². The van der Waals surface area contributed by atoms with Gasteiger partial charge in [-0.25, -0.2) is 8.37 Å². The normalized spacial score (nSPS) is 12.9. The zero-order valence-electron chi connectivity index (χ0n) is 23.0. The molecule has 0 saturated carbocycles. The Morgan fingerprint density at radius 3 is 1.08 bits per heavy atom.